The van der Waals surface area contributed by atoms with Crippen molar-refractivity contribution >= 4 is 5.97 Å². The third kappa shape index (κ3) is 3.63. The van der Waals surface area contributed by atoms with Gasteiger partial charge in [0.15, 0.2) is 11.5 Å². The number of hydrogen-bond donors (Lipinski definition) is 2. The van der Waals surface area contributed by atoms with E-state index in [0.717, 1.165) is 5.56 Å². The summed E-state index contributed by atoms with van der Waals surface area (Å²) in [6.45, 7) is 0.365. The highest BCUT2D eigenvalue weighted by molar-refractivity contribution is 5.70. The zero-order chi connectivity index (χ0) is 13.5. The second-order valence-corrected chi connectivity index (χ2v) is 4.01. The maximum atomic E-state index is 11.1. The van der Waals surface area contributed by atoms with E-state index in [2.05, 4.69) is 0 Å². The molecule has 100 valence electrons. The van der Waals surface area contributed by atoms with Crippen molar-refractivity contribution in [2.75, 3.05) is 20.8 Å². The Morgan fingerprint density at radius 1 is 1.33 bits per heavy atom. The molecule has 0 saturated heterocycles. The summed E-state index contributed by atoms with van der Waals surface area (Å²) in [7, 11) is 3.11. The fraction of sp³-hybridized carbons (Fsp3) is 0.462. The molecule has 1 rings (SSSR count). The van der Waals surface area contributed by atoms with Gasteiger partial charge in [0.05, 0.1) is 20.1 Å². The first-order chi connectivity index (χ1) is 8.62. The number of carboxylic acids is 1. The summed E-state index contributed by atoms with van der Waals surface area (Å²) in [5, 5.41) is 9.08. The summed E-state index contributed by atoms with van der Waals surface area (Å²) in [6, 6.07) is 5.41. The summed E-state index contributed by atoms with van der Waals surface area (Å²) >= 11 is 0. The van der Waals surface area contributed by atoms with Gasteiger partial charge in [-0.3, -0.25) is 4.79 Å². The van der Waals surface area contributed by atoms with Crippen LogP contribution < -0.4 is 15.2 Å². The van der Waals surface area contributed by atoms with Crippen LogP contribution in [0.15, 0.2) is 18.2 Å². The molecular weight excluding hydrogens is 234 g/mol. The second kappa shape index (κ2) is 6.86. The monoisotopic (exact) mass is 253 g/mol. The Morgan fingerprint density at radius 2 is 2.00 bits per heavy atom. The Hall–Kier alpha value is -1.75. The largest absolute Gasteiger partial charge is 0.493 e. The van der Waals surface area contributed by atoms with Crippen molar-refractivity contribution in [2.45, 2.75) is 12.8 Å². The van der Waals surface area contributed by atoms with Crippen LogP contribution in [-0.2, 0) is 11.2 Å². The molecule has 0 saturated carbocycles. The number of ether oxygens (including phenoxy) is 2. The average molecular weight is 253 g/mol. The van der Waals surface area contributed by atoms with Gasteiger partial charge in [-0.15, -0.1) is 0 Å². The molecule has 0 spiro atoms. The Balaban J connectivity index is 2.86. The van der Waals surface area contributed by atoms with Crippen molar-refractivity contribution in [2.24, 2.45) is 11.7 Å². The van der Waals surface area contributed by atoms with Crippen LogP contribution in [0.2, 0.25) is 0 Å². The Labute approximate surface area is 107 Å². The zero-order valence-corrected chi connectivity index (χ0v) is 10.7. The predicted octanol–water partition coefficient (Wildman–Crippen LogP) is 1.30. The molecule has 3 N–H and O–H groups in total. The van der Waals surface area contributed by atoms with Gasteiger partial charge in [-0.2, -0.15) is 0 Å². The molecule has 1 atom stereocenters. The first kappa shape index (κ1) is 14.3. The molecule has 0 aromatic heterocycles. The summed E-state index contributed by atoms with van der Waals surface area (Å²) in [5.74, 6) is -0.0535. The molecule has 0 bridgehead atoms. The smallest absolute Gasteiger partial charge is 0.306 e. The maximum Gasteiger partial charge on any atom is 0.306 e. The van der Waals surface area contributed by atoms with Gasteiger partial charge >= 0.3 is 5.97 Å². The van der Waals surface area contributed by atoms with Crippen LogP contribution in [0.25, 0.3) is 0 Å². The topological polar surface area (TPSA) is 81.8 Å². The Kier molecular flexibility index (Phi) is 5.45. The van der Waals surface area contributed by atoms with E-state index < -0.39 is 11.9 Å². The van der Waals surface area contributed by atoms with Crippen LogP contribution in [0.4, 0.5) is 0 Å². The van der Waals surface area contributed by atoms with Gasteiger partial charge in [0.1, 0.15) is 0 Å². The SMILES string of the molecule is COc1ccc(CC(CCN)C(=O)O)cc1OC. The Morgan fingerprint density at radius 3 is 2.50 bits per heavy atom. The zero-order valence-electron chi connectivity index (χ0n) is 10.7. The number of hydrogen-bond acceptors (Lipinski definition) is 4. The van der Waals surface area contributed by atoms with Crippen molar-refractivity contribution in [1.29, 1.82) is 0 Å². The van der Waals surface area contributed by atoms with Crippen molar-refractivity contribution < 1.29 is 19.4 Å². The van der Waals surface area contributed by atoms with Crippen molar-refractivity contribution in [3.05, 3.63) is 23.8 Å². The molecule has 0 radical (unpaired) electrons. The lowest BCUT2D eigenvalue weighted by atomic mass is 9.96. The van der Waals surface area contributed by atoms with Crippen LogP contribution in [-0.4, -0.2) is 31.8 Å². The highest BCUT2D eigenvalue weighted by atomic mass is 16.5. The number of methoxy groups -OCH3 is 2. The third-order valence-corrected chi connectivity index (χ3v) is 2.79. The first-order valence-corrected chi connectivity index (χ1v) is 5.76. The van der Waals surface area contributed by atoms with Gasteiger partial charge in [-0.05, 0) is 37.1 Å². The molecule has 1 aromatic carbocycles. The minimum atomic E-state index is -0.824. The van der Waals surface area contributed by atoms with Gasteiger partial charge in [-0.25, -0.2) is 0 Å². The van der Waals surface area contributed by atoms with E-state index >= 15 is 0 Å². The van der Waals surface area contributed by atoms with Crippen LogP contribution in [0.3, 0.4) is 0 Å². The lowest BCUT2D eigenvalue weighted by molar-refractivity contribution is -0.141. The molecule has 5 nitrogen and oxygen atoms in total. The highest BCUT2D eigenvalue weighted by Gasteiger charge is 2.17. The van der Waals surface area contributed by atoms with Crippen LogP contribution >= 0.6 is 0 Å². The number of carbonyl (C=O) groups is 1. The van der Waals surface area contributed by atoms with E-state index in [1.54, 1.807) is 26.4 Å². The van der Waals surface area contributed by atoms with Gasteiger partial charge in [0.25, 0.3) is 0 Å². The van der Waals surface area contributed by atoms with Gasteiger partial charge in [0, 0.05) is 0 Å². The van der Waals surface area contributed by atoms with E-state index in [0.29, 0.717) is 30.9 Å². The summed E-state index contributed by atoms with van der Waals surface area (Å²) < 4.78 is 10.3. The number of benzene rings is 1. The number of aliphatic carboxylic acids is 1. The molecule has 0 aliphatic rings. The quantitative estimate of drug-likeness (QED) is 0.765. The number of rotatable bonds is 7. The predicted molar refractivity (Wildman–Crippen MR) is 68.0 cm³/mol. The highest BCUT2D eigenvalue weighted by Crippen LogP contribution is 2.28. The Bertz CT molecular complexity index is 406. The van der Waals surface area contributed by atoms with E-state index in [4.69, 9.17) is 20.3 Å². The van der Waals surface area contributed by atoms with E-state index in [-0.39, 0.29) is 0 Å². The van der Waals surface area contributed by atoms with E-state index in [9.17, 15) is 4.79 Å². The van der Waals surface area contributed by atoms with Gasteiger partial charge < -0.3 is 20.3 Å². The minimum absolute atomic E-state index is 0.365. The normalized spacial score (nSPS) is 11.9. The molecule has 0 aliphatic heterocycles. The molecule has 18 heavy (non-hydrogen) atoms. The van der Waals surface area contributed by atoms with Crippen molar-refractivity contribution in [3.8, 4) is 11.5 Å². The summed E-state index contributed by atoms with van der Waals surface area (Å²) in [6.07, 6.45) is 0.899. The van der Waals surface area contributed by atoms with Crippen LogP contribution in [0.5, 0.6) is 11.5 Å². The lowest BCUT2D eigenvalue weighted by Gasteiger charge is -2.13. The molecule has 1 aromatic rings. The summed E-state index contributed by atoms with van der Waals surface area (Å²) in [5.41, 5.74) is 6.31. The van der Waals surface area contributed by atoms with Gasteiger partial charge in [0.2, 0.25) is 0 Å². The number of nitrogens with two attached hydrogens (primary N) is 1. The standard InChI is InChI=1S/C13H19NO4/c1-17-11-4-3-9(8-12(11)18-2)7-10(5-6-14)13(15)16/h3-4,8,10H,5-7,14H2,1-2H3,(H,15,16). The van der Waals surface area contributed by atoms with E-state index in [1.165, 1.54) is 0 Å². The molecular formula is C13H19NO4. The molecule has 5 heteroatoms. The fourth-order valence-electron chi connectivity index (χ4n) is 1.81. The third-order valence-electron chi connectivity index (χ3n) is 2.79. The first-order valence-electron chi connectivity index (χ1n) is 5.76. The maximum absolute atomic E-state index is 11.1. The second-order valence-electron chi connectivity index (χ2n) is 4.01. The van der Waals surface area contributed by atoms with E-state index in [1.807, 2.05) is 6.07 Å². The average Bonchev–Trinajstić information content (AvgIpc) is 2.37. The van der Waals surface area contributed by atoms with Gasteiger partial charge in [-0.1, -0.05) is 6.07 Å². The molecule has 0 heterocycles. The van der Waals surface area contributed by atoms with Crippen LogP contribution in [0, 0.1) is 5.92 Å². The number of carboxylic acid groups (broad SMARTS) is 1. The molecule has 0 aliphatic carbocycles. The molecule has 1 unspecified atom stereocenters. The molecule has 0 fully saturated rings. The molecule has 0 amide bonds. The summed E-state index contributed by atoms with van der Waals surface area (Å²) in [4.78, 5) is 11.1. The lowest BCUT2D eigenvalue weighted by Crippen LogP contribution is -2.20. The van der Waals surface area contributed by atoms with Crippen LogP contribution in [0.1, 0.15) is 12.0 Å². The minimum Gasteiger partial charge on any atom is -0.493 e. The fourth-order valence-corrected chi connectivity index (χ4v) is 1.81. The van der Waals surface area contributed by atoms with Crippen molar-refractivity contribution in [1.82, 2.24) is 0 Å². The van der Waals surface area contributed by atoms with Crippen molar-refractivity contribution in [3.63, 3.8) is 0 Å².